The van der Waals surface area contributed by atoms with E-state index in [0.29, 0.717) is 12.2 Å². The van der Waals surface area contributed by atoms with Crippen LogP contribution in [0.1, 0.15) is 19.8 Å². The maximum absolute atomic E-state index is 9.52. The van der Waals surface area contributed by atoms with Gasteiger partial charge in [-0.25, -0.2) is 0 Å². The van der Waals surface area contributed by atoms with Crippen molar-refractivity contribution < 1.29 is 20.1 Å². The van der Waals surface area contributed by atoms with Crippen molar-refractivity contribution in [1.82, 2.24) is 0 Å². The fourth-order valence-corrected chi connectivity index (χ4v) is 1.49. The van der Waals surface area contributed by atoms with Gasteiger partial charge in [0.25, 0.3) is 0 Å². The predicted octanol–water partition coefficient (Wildman–Crippen LogP) is -0.218. The predicted molar refractivity (Wildman–Crippen MR) is 46.9 cm³/mol. The van der Waals surface area contributed by atoms with Crippen LogP contribution in [0.3, 0.4) is 0 Å². The molecule has 1 aliphatic rings. The summed E-state index contributed by atoms with van der Waals surface area (Å²) in [7, 11) is 0. The molecule has 0 aromatic carbocycles. The van der Waals surface area contributed by atoms with Gasteiger partial charge in [0.05, 0.1) is 18.0 Å². The Labute approximate surface area is 77.5 Å². The fraction of sp³-hybridized carbons (Fsp3) is 0.778. The SMILES string of the molecule is C=C1CC(O)C(C(O)CC(C)O)O1. The number of aliphatic hydroxyl groups is 3. The Kier molecular flexibility index (Phi) is 3.30. The Morgan fingerprint density at radius 3 is 2.62 bits per heavy atom. The highest BCUT2D eigenvalue weighted by Crippen LogP contribution is 2.25. The molecule has 4 nitrogen and oxygen atoms in total. The summed E-state index contributed by atoms with van der Waals surface area (Å²) in [5.74, 6) is 0.488. The molecule has 1 heterocycles. The first kappa shape index (κ1) is 10.5. The molecule has 0 amide bonds. The van der Waals surface area contributed by atoms with Gasteiger partial charge in [-0.1, -0.05) is 6.58 Å². The standard InChI is InChI=1S/C9H16O4/c1-5(10)3-7(11)9-8(12)4-6(2)13-9/h5,7-12H,2-4H2,1H3. The molecule has 0 aliphatic carbocycles. The molecule has 0 spiro atoms. The Balaban J connectivity index is 2.47. The van der Waals surface area contributed by atoms with Gasteiger partial charge < -0.3 is 20.1 Å². The van der Waals surface area contributed by atoms with Gasteiger partial charge in [-0.05, 0) is 6.92 Å². The number of rotatable bonds is 3. The summed E-state index contributed by atoms with van der Waals surface area (Å²) in [6.07, 6.45) is -2.21. The van der Waals surface area contributed by atoms with E-state index in [-0.39, 0.29) is 6.42 Å². The highest BCUT2D eigenvalue weighted by atomic mass is 16.5. The van der Waals surface area contributed by atoms with E-state index in [1.807, 2.05) is 0 Å². The van der Waals surface area contributed by atoms with Crippen molar-refractivity contribution >= 4 is 0 Å². The lowest BCUT2D eigenvalue weighted by Gasteiger charge is -2.21. The molecule has 0 radical (unpaired) electrons. The lowest BCUT2D eigenvalue weighted by atomic mass is 10.0. The maximum Gasteiger partial charge on any atom is 0.150 e. The minimum Gasteiger partial charge on any atom is -0.490 e. The highest BCUT2D eigenvalue weighted by Gasteiger charge is 2.35. The first-order valence-electron chi connectivity index (χ1n) is 4.39. The summed E-state index contributed by atoms with van der Waals surface area (Å²) in [5.41, 5.74) is 0. The first-order valence-corrected chi connectivity index (χ1v) is 4.39. The third-order valence-electron chi connectivity index (χ3n) is 2.08. The fourth-order valence-electron chi connectivity index (χ4n) is 1.49. The molecule has 0 saturated carbocycles. The molecule has 3 N–H and O–H groups in total. The number of ether oxygens (including phenoxy) is 1. The van der Waals surface area contributed by atoms with E-state index in [4.69, 9.17) is 9.84 Å². The average molecular weight is 188 g/mol. The van der Waals surface area contributed by atoms with E-state index in [2.05, 4.69) is 6.58 Å². The second-order valence-corrected chi connectivity index (χ2v) is 3.54. The van der Waals surface area contributed by atoms with Crippen LogP contribution in [-0.2, 0) is 4.74 Å². The van der Waals surface area contributed by atoms with E-state index >= 15 is 0 Å². The summed E-state index contributed by atoms with van der Waals surface area (Å²) < 4.78 is 5.13. The molecular weight excluding hydrogens is 172 g/mol. The van der Waals surface area contributed by atoms with E-state index in [9.17, 15) is 10.2 Å². The van der Waals surface area contributed by atoms with Gasteiger partial charge >= 0.3 is 0 Å². The van der Waals surface area contributed by atoms with Crippen molar-refractivity contribution in [2.24, 2.45) is 0 Å². The molecule has 76 valence electrons. The Morgan fingerprint density at radius 1 is 1.62 bits per heavy atom. The summed E-state index contributed by atoms with van der Waals surface area (Å²) >= 11 is 0. The Bertz CT molecular complexity index is 190. The average Bonchev–Trinajstić information content (AvgIpc) is 2.28. The van der Waals surface area contributed by atoms with Crippen LogP contribution in [0, 0.1) is 0 Å². The Hall–Kier alpha value is -0.580. The molecule has 0 aromatic rings. The molecule has 1 fully saturated rings. The molecule has 4 atom stereocenters. The summed E-state index contributed by atoms with van der Waals surface area (Å²) in [6, 6.07) is 0. The van der Waals surface area contributed by atoms with E-state index in [0.717, 1.165) is 0 Å². The minimum atomic E-state index is -0.839. The normalized spacial score (nSPS) is 32.8. The van der Waals surface area contributed by atoms with E-state index in [1.54, 1.807) is 6.92 Å². The minimum absolute atomic E-state index is 0.203. The lowest BCUT2D eigenvalue weighted by molar-refractivity contribution is -0.0490. The summed E-state index contributed by atoms with van der Waals surface area (Å²) in [5, 5.41) is 28.0. The van der Waals surface area contributed by atoms with Crippen molar-refractivity contribution in [1.29, 1.82) is 0 Å². The van der Waals surface area contributed by atoms with E-state index in [1.165, 1.54) is 0 Å². The molecule has 13 heavy (non-hydrogen) atoms. The van der Waals surface area contributed by atoms with Crippen molar-refractivity contribution in [3.05, 3.63) is 12.3 Å². The van der Waals surface area contributed by atoms with Crippen molar-refractivity contribution in [2.75, 3.05) is 0 Å². The molecule has 1 aliphatic heterocycles. The van der Waals surface area contributed by atoms with Gasteiger partial charge in [-0.15, -0.1) is 0 Å². The monoisotopic (exact) mass is 188 g/mol. The van der Waals surface area contributed by atoms with Gasteiger partial charge in [0.1, 0.15) is 6.10 Å². The van der Waals surface area contributed by atoms with Crippen LogP contribution < -0.4 is 0 Å². The second-order valence-electron chi connectivity index (χ2n) is 3.54. The van der Waals surface area contributed by atoms with Crippen LogP contribution in [0.15, 0.2) is 12.3 Å². The van der Waals surface area contributed by atoms with Crippen molar-refractivity contribution in [2.45, 2.75) is 44.2 Å². The summed E-state index contributed by atoms with van der Waals surface area (Å²) in [6.45, 7) is 5.14. The van der Waals surface area contributed by atoms with Gasteiger partial charge in [0, 0.05) is 12.8 Å². The number of hydrogen-bond donors (Lipinski definition) is 3. The lowest BCUT2D eigenvalue weighted by Crippen LogP contribution is -2.36. The van der Waals surface area contributed by atoms with Crippen LogP contribution in [-0.4, -0.2) is 39.7 Å². The van der Waals surface area contributed by atoms with Crippen LogP contribution in [0.5, 0.6) is 0 Å². The van der Waals surface area contributed by atoms with Crippen LogP contribution >= 0.6 is 0 Å². The third kappa shape index (κ3) is 2.69. The zero-order valence-corrected chi connectivity index (χ0v) is 7.68. The summed E-state index contributed by atoms with van der Waals surface area (Å²) in [4.78, 5) is 0. The third-order valence-corrected chi connectivity index (χ3v) is 2.08. The largest absolute Gasteiger partial charge is 0.490 e. The Morgan fingerprint density at radius 2 is 2.23 bits per heavy atom. The molecule has 1 saturated heterocycles. The molecule has 1 rings (SSSR count). The van der Waals surface area contributed by atoms with Crippen LogP contribution in [0.25, 0.3) is 0 Å². The molecule has 4 unspecified atom stereocenters. The van der Waals surface area contributed by atoms with Crippen molar-refractivity contribution in [3.63, 3.8) is 0 Å². The highest BCUT2D eigenvalue weighted by molar-refractivity contribution is 4.99. The molecule has 4 heteroatoms. The smallest absolute Gasteiger partial charge is 0.150 e. The number of hydrogen-bond acceptors (Lipinski definition) is 4. The van der Waals surface area contributed by atoms with Gasteiger partial charge in [0.2, 0.25) is 0 Å². The topological polar surface area (TPSA) is 69.9 Å². The van der Waals surface area contributed by atoms with Crippen LogP contribution in [0.4, 0.5) is 0 Å². The molecular formula is C9H16O4. The van der Waals surface area contributed by atoms with E-state index < -0.39 is 24.4 Å². The van der Waals surface area contributed by atoms with Gasteiger partial charge in [-0.2, -0.15) is 0 Å². The van der Waals surface area contributed by atoms with Gasteiger partial charge in [0.15, 0.2) is 6.10 Å². The first-order chi connectivity index (χ1) is 6.00. The van der Waals surface area contributed by atoms with Crippen LogP contribution in [0.2, 0.25) is 0 Å². The quantitative estimate of drug-likeness (QED) is 0.572. The zero-order chi connectivity index (χ0) is 10.0. The second kappa shape index (κ2) is 4.09. The number of aliphatic hydroxyl groups excluding tert-OH is 3. The van der Waals surface area contributed by atoms with Crippen molar-refractivity contribution in [3.8, 4) is 0 Å². The zero-order valence-electron chi connectivity index (χ0n) is 7.68. The van der Waals surface area contributed by atoms with Gasteiger partial charge in [-0.3, -0.25) is 0 Å². The maximum atomic E-state index is 9.52. The molecule has 0 aromatic heterocycles. The molecule has 0 bridgehead atoms.